The molecule has 0 aromatic heterocycles. The molecule has 0 aliphatic carbocycles. The first-order valence-electron chi connectivity index (χ1n) is 6.73. The van der Waals surface area contributed by atoms with E-state index < -0.39 is 0 Å². The Kier molecular flexibility index (Phi) is 2.66. The SMILES string of the molecule is CC[C@@H]1CN2CCCC[C@@H]2[C@@H]2OC(=O)C[C@H]12. The van der Waals surface area contributed by atoms with Crippen molar-refractivity contribution in [1.29, 1.82) is 0 Å². The molecule has 3 aliphatic heterocycles. The van der Waals surface area contributed by atoms with E-state index in [-0.39, 0.29) is 12.1 Å². The van der Waals surface area contributed by atoms with Crippen LogP contribution in [0.2, 0.25) is 0 Å². The van der Waals surface area contributed by atoms with Gasteiger partial charge in [-0.15, -0.1) is 0 Å². The molecule has 3 rings (SSSR count). The molecule has 3 nitrogen and oxygen atoms in total. The molecule has 0 unspecified atom stereocenters. The third kappa shape index (κ3) is 1.56. The summed E-state index contributed by atoms with van der Waals surface area (Å²) in [6.45, 7) is 4.65. The number of hydrogen-bond donors (Lipinski definition) is 0. The lowest BCUT2D eigenvalue weighted by molar-refractivity contribution is -0.147. The molecule has 0 N–H and O–H groups in total. The highest BCUT2D eigenvalue weighted by Crippen LogP contribution is 2.41. The van der Waals surface area contributed by atoms with Crippen molar-refractivity contribution in [3.8, 4) is 0 Å². The van der Waals surface area contributed by atoms with Gasteiger partial charge in [-0.2, -0.15) is 0 Å². The van der Waals surface area contributed by atoms with Crippen LogP contribution in [0, 0.1) is 11.8 Å². The summed E-state index contributed by atoms with van der Waals surface area (Å²) in [6.07, 6.45) is 5.92. The van der Waals surface area contributed by atoms with Crippen LogP contribution in [0.3, 0.4) is 0 Å². The first-order chi connectivity index (χ1) is 7.79. The molecule has 3 fully saturated rings. The van der Waals surface area contributed by atoms with Crippen molar-refractivity contribution in [2.24, 2.45) is 11.8 Å². The second-order valence-electron chi connectivity index (χ2n) is 5.55. The molecule has 0 amide bonds. The van der Waals surface area contributed by atoms with E-state index in [0.29, 0.717) is 24.3 Å². The molecule has 0 bridgehead atoms. The predicted octanol–water partition coefficient (Wildman–Crippen LogP) is 1.81. The van der Waals surface area contributed by atoms with Crippen LogP contribution >= 0.6 is 0 Å². The zero-order chi connectivity index (χ0) is 11.1. The van der Waals surface area contributed by atoms with E-state index in [0.717, 1.165) is 0 Å². The minimum absolute atomic E-state index is 0.0425. The molecule has 4 atom stereocenters. The van der Waals surface area contributed by atoms with Crippen molar-refractivity contribution in [3.05, 3.63) is 0 Å². The summed E-state index contributed by atoms with van der Waals surface area (Å²) >= 11 is 0. The molecule has 0 aromatic rings. The fraction of sp³-hybridized carbons (Fsp3) is 0.923. The van der Waals surface area contributed by atoms with Crippen LogP contribution in [-0.4, -0.2) is 36.1 Å². The maximum Gasteiger partial charge on any atom is 0.306 e. The van der Waals surface area contributed by atoms with Gasteiger partial charge in [0.05, 0.1) is 6.42 Å². The fourth-order valence-electron chi connectivity index (χ4n) is 3.88. The van der Waals surface area contributed by atoms with Crippen LogP contribution in [-0.2, 0) is 9.53 Å². The van der Waals surface area contributed by atoms with Crippen molar-refractivity contribution in [3.63, 3.8) is 0 Å². The average Bonchev–Trinajstić information content (AvgIpc) is 2.69. The molecule has 0 saturated carbocycles. The summed E-state index contributed by atoms with van der Waals surface area (Å²) in [4.78, 5) is 14.1. The molecule has 3 heterocycles. The summed E-state index contributed by atoms with van der Waals surface area (Å²) in [6, 6.07) is 0.535. The molecule has 3 heteroatoms. The van der Waals surface area contributed by atoms with E-state index in [2.05, 4.69) is 11.8 Å². The van der Waals surface area contributed by atoms with E-state index in [1.54, 1.807) is 0 Å². The molecule has 0 aromatic carbocycles. The quantitative estimate of drug-likeness (QED) is 0.635. The van der Waals surface area contributed by atoms with Gasteiger partial charge in [0.1, 0.15) is 6.10 Å². The standard InChI is InChI=1S/C13H21NO2/c1-2-9-8-14-6-4-3-5-11(14)13-10(9)7-12(15)16-13/h9-11,13H,2-8H2,1H3/t9-,10-,11-,13-/m1/s1. The van der Waals surface area contributed by atoms with Gasteiger partial charge in [0.2, 0.25) is 0 Å². The second kappa shape index (κ2) is 4.02. The zero-order valence-electron chi connectivity index (χ0n) is 10.0. The van der Waals surface area contributed by atoms with Crippen LogP contribution in [0.25, 0.3) is 0 Å². The van der Waals surface area contributed by atoms with Crippen LogP contribution in [0.5, 0.6) is 0 Å². The third-order valence-electron chi connectivity index (χ3n) is 4.73. The van der Waals surface area contributed by atoms with E-state index in [9.17, 15) is 4.79 Å². The summed E-state index contributed by atoms with van der Waals surface area (Å²) in [5.74, 6) is 1.23. The van der Waals surface area contributed by atoms with Crippen molar-refractivity contribution in [2.75, 3.05) is 13.1 Å². The van der Waals surface area contributed by atoms with Crippen LogP contribution in [0.15, 0.2) is 0 Å². The van der Waals surface area contributed by atoms with Gasteiger partial charge >= 0.3 is 5.97 Å². The lowest BCUT2D eigenvalue weighted by atomic mass is 9.75. The number of hydrogen-bond acceptors (Lipinski definition) is 3. The molecule has 3 saturated heterocycles. The number of carbonyl (C=O) groups excluding carboxylic acids is 1. The molecule has 0 radical (unpaired) electrons. The highest BCUT2D eigenvalue weighted by molar-refractivity contribution is 5.72. The summed E-state index contributed by atoms with van der Waals surface area (Å²) < 4.78 is 5.59. The number of nitrogens with zero attached hydrogens (tertiary/aromatic N) is 1. The van der Waals surface area contributed by atoms with Gasteiger partial charge < -0.3 is 4.74 Å². The topological polar surface area (TPSA) is 29.5 Å². The average molecular weight is 223 g/mol. The molecule has 0 spiro atoms. The Labute approximate surface area is 97.1 Å². The fourth-order valence-corrected chi connectivity index (χ4v) is 3.88. The monoisotopic (exact) mass is 223 g/mol. The highest BCUT2D eigenvalue weighted by Gasteiger charge is 2.49. The number of fused-ring (bicyclic) bond motifs is 3. The minimum atomic E-state index is 0.0425. The Balaban J connectivity index is 1.83. The molecular formula is C13H21NO2. The zero-order valence-corrected chi connectivity index (χ0v) is 10.0. The van der Waals surface area contributed by atoms with Crippen LogP contribution < -0.4 is 0 Å². The number of rotatable bonds is 1. The Hall–Kier alpha value is -0.570. The van der Waals surface area contributed by atoms with Gasteiger partial charge in [-0.3, -0.25) is 9.69 Å². The van der Waals surface area contributed by atoms with Gasteiger partial charge in [-0.25, -0.2) is 0 Å². The molecular weight excluding hydrogens is 202 g/mol. The van der Waals surface area contributed by atoms with Gasteiger partial charge in [-0.05, 0) is 25.3 Å². The molecule has 90 valence electrons. The summed E-state index contributed by atoms with van der Waals surface area (Å²) in [5.41, 5.74) is 0. The predicted molar refractivity (Wildman–Crippen MR) is 61.0 cm³/mol. The maximum absolute atomic E-state index is 11.5. The van der Waals surface area contributed by atoms with Crippen molar-refractivity contribution >= 4 is 5.97 Å². The van der Waals surface area contributed by atoms with Crippen LogP contribution in [0.1, 0.15) is 39.0 Å². The maximum atomic E-state index is 11.5. The smallest absolute Gasteiger partial charge is 0.306 e. The lowest BCUT2D eigenvalue weighted by Crippen LogP contribution is -2.56. The normalized spacial score (nSPS) is 43.7. The Morgan fingerprint density at radius 1 is 1.44 bits per heavy atom. The second-order valence-corrected chi connectivity index (χ2v) is 5.55. The number of esters is 1. The Morgan fingerprint density at radius 3 is 3.12 bits per heavy atom. The van der Waals surface area contributed by atoms with E-state index in [1.807, 2.05) is 0 Å². The lowest BCUT2D eigenvalue weighted by Gasteiger charge is -2.47. The van der Waals surface area contributed by atoms with Gasteiger partial charge in [0, 0.05) is 18.5 Å². The third-order valence-corrected chi connectivity index (χ3v) is 4.73. The largest absolute Gasteiger partial charge is 0.460 e. The molecule has 16 heavy (non-hydrogen) atoms. The van der Waals surface area contributed by atoms with E-state index in [4.69, 9.17) is 4.74 Å². The molecule has 3 aliphatic rings. The van der Waals surface area contributed by atoms with E-state index in [1.165, 1.54) is 38.8 Å². The number of piperidine rings is 2. The Morgan fingerprint density at radius 2 is 2.31 bits per heavy atom. The van der Waals surface area contributed by atoms with Crippen molar-refractivity contribution in [1.82, 2.24) is 4.90 Å². The minimum Gasteiger partial charge on any atom is -0.460 e. The van der Waals surface area contributed by atoms with Gasteiger partial charge in [-0.1, -0.05) is 19.8 Å². The first kappa shape index (κ1) is 10.6. The van der Waals surface area contributed by atoms with Gasteiger partial charge in [0.25, 0.3) is 0 Å². The van der Waals surface area contributed by atoms with Gasteiger partial charge in [0.15, 0.2) is 0 Å². The number of ether oxygens (including phenoxy) is 1. The Bertz CT molecular complexity index is 292. The summed E-state index contributed by atoms with van der Waals surface area (Å²) in [5, 5.41) is 0. The van der Waals surface area contributed by atoms with E-state index >= 15 is 0 Å². The van der Waals surface area contributed by atoms with Crippen LogP contribution in [0.4, 0.5) is 0 Å². The van der Waals surface area contributed by atoms with Crippen molar-refractivity contribution < 1.29 is 9.53 Å². The van der Waals surface area contributed by atoms with Crippen molar-refractivity contribution in [2.45, 2.75) is 51.2 Å². The summed E-state index contributed by atoms with van der Waals surface area (Å²) in [7, 11) is 0. The number of carbonyl (C=O) groups is 1. The highest BCUT2D eigenvalue weighted by atomic mass is 16.6. The first-order valence-corrected chi connectivity index (χ1v) is 6.73.